The van der Waals surface area contributed by atoms with Gasteiger partial charge in [-0.15, -0.1) is 0 Å². The molecule has 0 bridgehead atoms. The molecule has 0 fully saturated rings. The molecule has 0 saturated carbocycles. The summed E-state index contributed by atoms with van der Waals surface area (Å²) in [5.74, 6) is -1.04. The van der Waals surface area contributed by atoms with E-state index in [-0.39, 0.29) is 11.1 Å². The van der Waals surface area contributed by atoms with Gasteiger partial charge in [-0.2, -0.15) is 0 Å². The maximum absolute atomic E-state index is 10.6. The van der Waals surface area contributed by atoms with Gasteiger partial charge in [0.1, 0.15) is 0 Å². The number of rotatable bonds is 4. The fourth-order valence-electron chi connectivity index (χ4n) is 1.56. The number of amides is 2. The Kier molecular flexibility index (Phi) is 7.10. The molecular weight excluding hydrogens is 355 g/mol. The highest BCUT2D eigenvalue weighted by molar-refractivity contribution is 6.69. The number of hydrogen-bond donors (Lipinski definition) is 2. The zero-order valence-corrected chi connectivity index (χ0v) is 13.7. The molecule has 0 unspecified atom stereocenters. The molecule has 0 atom stereocenters. The Morgan fingerprint density at radius 2 is 0.958 bits per heavy atom. The molecule has 124 valence electrons. The second-order valence-corrected chi connectivity index (χ2v) is 5.12. The molecule has 8 heteroatoms. The van der Waals surface area contributed by atoms with Crippen LogP contribution in [0.3, 0.4) is 0 Å². The van der Waals surface area contributed by atoms with E-state index in [2.05, 4.69) is 0 Å². The lowest BCUT2D eigenvalue weighted by molar-refractivity contribution is 0.0988. The first-order chi connectivity index (χ1) is 11.2. The summed E-state index contributed by atoms with van der Waals surface area (Å²) >= 11 is 10.4. The second-order valence-electron chi connectivity index (χ2n) is 4.43. The van der Waals surface area contributed by atoms with Crippen LogP contribution in [0.2, 0.25) is 0 Å². The molecular formula is C16H12Cl2N2O4. The first kappa shape index (κ1) is 19.3. The Morgan fingerprint density at radius 1 is 0.625 bits per heavy atom. The van der Waals surface area contributed by atoms with E-state index in [4.69, 9.17) is 34.7 Å². The van der Waals surface area contributed by atoms with Crippen LogP contribution in [0.1, 0.15) is 41.4 Å². The van der Waals surface area contributed by atoms with Gasteiger partial charge in [-0.25, -0.2) is 0 Å². The molecule has 0 radical (unpaired) electrons. The Hall–Kier alpha value is -2.70. The summed E-state index contributed by atoms with van der Waals surface area (Å²) < 4.78 is 0. The maximum Gasteiger partial charge on any atom is 0.252 e. The third-order valence-electron chi connectivity index (χ3n) is 2.77. The van der Waals surface area contributed by atoms with E-state index in [1.54, 1.807) is 6.07 Å². The Bertz CT molecular complexity index is 727. The van der Waals surface area contributed by atoms with Gasteiger partial charge in [-0.05, 0) is 53.5 Å². The number of hydrogen-bond acceptors (Lipinski definition) is 4. The van der Waals surface area contributed by atoms with Gasteiger partial charge in [0.15, 0.2) is 0 Å². The minimum atomic E-state index is -0.602. The monoisotopic (exact) mass is 366 g/mol. The van der Waals surface area contributed by atoms with Gasteiger partial charge in [0, 0.05) is 22.3 Å². The fourth-order valence-corrected chi connectivity index (χ4v) is 1.80. The van der Waals surface area contributed by atoms with Gasteiger partial charge in [-0.3, -0.25) is 19.2 Å². The molecule has 0 aliphatic rings. The molecule has 0 heterocycles. The molecule has 2 aromatic rings. The third kappa shape index (κ3) is 5.83. The zero-order valence-electron chi connectivity index (χ0n) is 12.2. The largest absolute Gasteiger partial charge is 0.366 e. The van der Waals surface area contributed by atoms with E-state index in [1.807, 2.05) is 0 Å². The quantitative estimate of drug-likeness (QED) is 0.806. The second kappa shape index (κ2) is 8.81. The molecule has 2 amide bonds. The first-order valence-electron chi connectivity index (χ1n) is 6.41. The van der Waals surface area contributed by atoms with Crippen LogP contribution >= 0.6 is 23.2 Å². The molecule has 24 heavy (non-hydrogen) atoms. The number of nitrogens with two attached hydrogens (primary N) is 2. The van der Waals surface area contributed by atoms with Crippen LogP contribution < -0.4 is 11.5 Å². The van der Waals surface area contributed by atoms with Crippen molar-refractivity contribution in [2.45, 2.75) is 0 Å². The highest BCUT2D eigenvalue weighted by Crippen LogP contribution is 2.09. The molecule has 0 aliphatic heterocycles. The average Bonchev–Trinajstić information content (AvgIpc) is 2.55. The molecule has 2 rings (SSSR count). The minimum absolute atomic E-state index is 0.267. The number of halogens is 2. The number of carbonyl (C=O) groups is 4. The summed E-state index contributed by atoms with van der Waals surface area (Å²) in [6.07, 6.45) is 0. The van der Waals surface area contributed by atoms with Gasteiger partial charge in [0.05, 0.1) is 0 Å². The minimum Gasteiger partial charge on any atom is -0.366 e. The summed E-state index contributed by atoms with van der Waals surface area (Å²) in [4.78, 5) is 42.4. The highest BCUT2D eigenvalue weighted by Gasteiger charge is 2.05. The number of benzene rings is 2. The third-order valence-corrected chi connectivity index (χ3v) is 3.21. The van der Waals surface area contributed by atoms with E-state index in [0.717, 1.165) is 0 Å². The normalized spacial score (nSPS) is 9.42. The van der Waals surface area contributed by atoms with Crippen LogP contribution in [-0.4, -0.2) is 22.3 Å². The lowest BCUT2D eigenvalue weighted by Crippen LogP contribution is -2.13. The SMILES string of the molecule is NC(=O)c1ccc(C(N)=O)cc1.O=C(Cl)c1cccc(C(=O)Cl)c1. The fraction of sp³-hybridized carbons (Fsp3) is 0. The van der Waals surface area contributed by atoms with Gasteiger partial charge < -0.3 is 11.5 Å². The summed E-state index contributed by atoms with van der Waals surface area (Å²) in [7, 11) is 0. The van der Waals surface area contributed by atoms with E-state index >= 15 is 0 Å². The van der Waals surface area contributed by atoms with Crippen molar-refractivity contribution in [3.8, 4) is 0 Å². The summed E-state index contributed by atoms with van der Waals surface area (Å²) in [6, 6.07) is 11.8. The van der Waals surface area contributed by atoms with Crippen LogP contribution in [0.15, 0.2) is 48.5 Å². The number of carbonyl (C=O) groups excluding carboxylic acids is 4. The van der Waals surface area contributed by atoms with Crippen molar-refractivity contribution < 1.29 is 19.2 Å². The van der Waals surface area contributed by atoms with Crippen LogP contribution in [0, 0.1) is 0 Å². The van der Waals surface area contributed by atoms with Crippen molar-refractivity contribution in [2.75, 3.05) is 0 Å². The topological polar surface area (TPSA) is 120 Å². The van der Waals surface area contributed by atoms with E-state index in [0.29, 0.717) is 11.1 Å². The Morgan fingerprint density at radius 3 is 1.21 bits per heavy atom. The van der Waals surface area contributed by atoms with E-state index in [1.165, 1.54) is 42.5 Å². The van der Waals surface area contributed by atoms with Crippen molar-refractivity contribution in [3.63, 3.8) is 0 Å². The highest BCUT2D eigenvalue weighted by atomic mass is 35.5. The zero-order chi connectivity index (χ0) is 18.3. The van der Waals surface area contributed by atoms with Crippen molar-refractivity contribution in [2.24, 2.45) is 11.5 Å². The average molecular weight is 367 g/mol. The van der Waals surface area contributed by atoms with Crippen LogP contribution in [0.5, 0.6) is 0 Å². The Labute approximate surface area is 147 Å². The van der Waals surface area contributed by atoms with E-state index < -0.39 is 22.3 Å². The smallest absolute Gasteiger partial charge is 0.252 e. The lowest BCUT2D eigenvalue weighted by Gasteiger charge is -1.96. The maximum atomic E-state index is 10.6. The van der Waals surface area contributed by atoms with Gasteiger partial charge in [-0.1, -0.05) is 18.2 Å². The van der Waals surface area contributed by atoms with Crippen LogP contribution in [-0.2, 0) is 0 Å². The predicted molar refractivity (Wildman–Crippen MR) is 90.3 cm³/mol. The van der Waals surface area contributed by atoms with Crippen LogP contribution in [0.4, 0.5) is 0 Å². The van der Waals surface area contributed by atoms with Crippen LogP contribution in [0.25, 0.3) is 0 Å². The first-order valence-corrected chi connectivity index (χ1v) is 7.17. The van der Waals surface area contributed by atoms with Gasteiger partial charge >= 0.3 is 0 Å². The molecule has 0 aliphatic carbocycles. The summed E-state index contributed by atoms with van der Waals surface area (Å²) in [6.45, 7) is 0. The molecule has 0 aromatic heterocycles. The lowest BCUT2D eigenvalue weighted by atomic mass is 10.1. The standard InChI is InChI=1S/C8H4Cl2O2.C8H8N2O2/c9-7(11)5-2-1-3-6(4-5)8(10)12;9-7(11)5-1-2-6(4-3-5)8(10)12/h1-4H;1-4H,(H2,9,11)(H2,10,12). The molecule has 2 aromatic carbocycles. The molecule has 6 nitrogen and oxygen atoms in total. The van der Waals surface area contributed by atoms with Crippen molar-refractivity contribution in [1.29, 1.82) is 0 Å². The van der Waals surface area contributed by atoms with E-state index in [9.17, 15) is 19.2 Å². The van der Waals surface area contributed by atoms with Crippen molar-refractivity contribution >= 4 is 45.5 Å². The summed E-state index contributed by atoms with van der Waals surface area (Å²) in [5.41, 5.74) is 11.2. The Balaban J connectivity index is 0.000000240. The van der Waals surface area contributed by atoms with Crippen molar-refractivity contribution in [3.05, 3.63) is 70.8 Å². The molecule has 4 N–H and O–H groups in total. The molecule has 0 spiro atoms. The molecule has 0 saturated heterocycles. The van der Waals surface area contributed by atoms with Gasteiger partial charge in [0.2, 0.25) is 11.8 Å². The number of primary amides is 2. The van der Waals surface area contributed by atoms with Gasteiger partial charge in [0.25, 0.3) is 10.5 Å². The predicted octanol–water partition coefficient (Wildman–Crippen LogP) is 2.33. The van der Waals surface area contributed by atoms with Crippen molar-refractivity contribution in [1.82, 2.24) is 0 Å². The summed E-state index contributed by atoms with van der Waals surface area (Å²) in [5, 5.41) is -1.20.